The summed E-state index contributed by atoms with van der Waals surface area (Å²) in [5.74, 6) is -0.166. The van der Waals surface area contributed by atoms with Crippen molar-refractivity contribution in [3.63, 3.8) is 0 Å². The highest BCUT2D eigenvalue weighted by Gasteiger charge is 2.40. The first-order chi connectivity index (χ1) is 11.5. The van der Waals surface area contributed by atoms with E-state index in [-0.39, 0.29) is 5.91 Å². The minimum absolute atomic E-state index is 0.166. The first-order valence-electron chi connectivity index (χ1n) is 8.57. The summed E-state index contributed by atoms with van der Waals surface area (Å²) < 4.78 is 27.0. The predicted octanol–water partition coefficient (Wildman–Crippen LogP) is 1.48. The topological polar surface area (TPSA) is 78.5 Å². The number of amides is 1. The van der Waals surface area contributed by atoms with Gasteiger partial charge in [-0.15, -0.1) is 0 Å². The molecular weight excluding hydrogens is 326 g/mol. The molecule has 0 saturated carbocycles. The smallest absolute Gasteiger partial charge is 0.241 e. The van der Waals surface area contributed by atoms with E-state index < -0.39 is 21.3 Å². The van der Waals surface area contributed by atoms with Gasteiger partial charge in [0.1, 0.15) is 0 Å². The molecule has 0 aliphatic carbocycles. The third kappa shape index (κ3) is 3.63. The number of benzene rings is 1. The van der Waals surface area contributed by atoms with E-state index in [2.05, 4.69) is 10.6 Å². The molecule has 2 N–H and O–H groups in total. The van der Waals surface area contributed by atoms with E-state index in [0.717, 1.165) is 30.5 Å². The highest BCUT2D eigenvalue weighted by molar-refractivity contribution is 7.89. The van der Waals surface area contributed by atoms with E-state index in [1.165, 1.54) is 0 Å². The van der Waals surface area contributed by atoms with Crippen LogP contribution in [0.1, 0.15) is 31.2 Å². The van der Waals surface area contributed by atoms with Crippen molar-refractivity contribution in [2.75, 3.05) is 25.0 Å². The van der Waals surface area contributed by atoms with E-state index >= 15 is 0 Å². The van der Waals surface area contributed by atoms with Gasteiger partial charge in [-0.3, -0.25) is 4.79 Å². The van der Waals surface area contributed by atoms with E-state index in [1.54, 1.807) is 4.31 Å². The second kappa shape index (κ2) is 7.21. The van der Waals surface area contributed by atoms with Crippen LogP contribution in [0.4, 0.5) is 5.69 Å². The number of hydrogen-bond donors (Lipinski definition) is 2. The summed E-state index contributed by atoms with van der Waals surface area (Å²) in [6.45, 7) is 3.49. The molecule has 1 aromatic rings. The highest BCUT2D eigenvalue weighted by atomic mass is 32.2. The van der Waals surface area contributed by atoms with E-state index in [1.807, 2.05) is 31.2 Å². The molecule has 3 rings (SSSR count). The summed E-state index contributed by atoms with van der Waals surface area (Å²) in [5, 5.41) is 5.46. The molecule has 2 unspecified atom stereocenters. The average molecular weight is 351 g/mol. The van der Waals surface area contributed by atoms with Crippen molar-refractivity contribution in [1.29, 1.82) is 0 Å². The molecule has 0 radical (unpaired) electrons. The minimum atomic E-state index is -3.32. The zero-order chi connectivity index (χ0) is 17.2. The van der Waals surface area contributed by atoms with Crippen molar-refractivity contribution in [3.05, 3.63) is 29.8 Å². The third-order valence-corrected chi connectivity index (χ3v) is 7.19. The lowest BCUT2D eigenvalue weighted by atomic mass is 10.1. The molecule has 6 nitrogen and oxygen atoms in total. The summed E-state index contributed by atoms with van der Waals surface area (Å²) in [6.07, 6.45) is 3.28. The molecular formula is C17H25N3O3S. The summed E-state index contributed by atoms with van der Waals surface area (Å²) in [6, 6.07) is 7.11. The molecule has 2 fully saturated rings. The van der Waals surface area contributed by atoms with Gasteiger partial charge < -0.3 is 10.6 Å². The lowest BCUT2D eigenvalue weighted by molar-refractivity contribution is -0.117. The largest absolute Gasteiger partial charge is 0.324 e. The second-order valence-corrected chi connectivity index (χ2v) is 8.84. The maximum Gasteiger partial charge on any atom is 0.241 e. The van der Waals surface area contributed by atoms with Crippen LogP contribution in [0, 0.1) is 6.92 Å². The molecule has 0 spiro atoms. The quantitative estimate of drug-likeness (QED) is 0.861. The Bertz CT molecular complexity index is 699. The SMILES string of the molecule is Cc1ccccc1NC(=O)C1CC(S(=O)(=O)N2CCCCC2)CN1. The molecule has 2 aliphatic rings. The lowest BCUT2D eigenvalue weighted by Gasteiger charge is -2.28. The monoisotopic (exact) mass is 351 g/mol. The normalized spacial score (nSPS) is 25.5. The number of nitrogens with zero attached hydrogens (tertiary/aromatic N) is 1. The van der Waals surface area contributed by atoms with Crippen LogP contribution < -0.4 is 10.6 Å². The first-order valence-corrected chi connectivity index (χ1v) is 10.1. The standard InChI is InChI=1S/C17H25N3O3S/c1-13-7-3-4-8-15(13)19-17(21)16-11-14(12-18-16)24(22,23)20-9-5-2-6-10-20/h3-4,7-8,14,16,18H,2,5-6,9-12H2,1H3,(H,19,21). The number of aryl methyl sites for hydroxylation is 1. The van der Waals surface area contributed by atoms with Crippen LogP contribution in [-0.2, 0) is 14.8 Å². The number of nitrogens with one attached hydrogen (secondary N) is 2. The van der Waals surface area contributed by atoms with Gasteiger partial charge in [-0.1, -0.05) is 24.6 Å². The Morgan fingerprint density at radius 1 is 1.21 bits per heavy atom. The number of carbonyl (C=O) groups excluding carboxylic acids is 1. The van der Waals surface area contributed by atoms with Gasteiger partial charge in [0.05, 0.1) is 11.3 Å². The minimum Gasteiger partial charge on any atom is -0.324 e. The number of hydrogen-bond acceptors (Lipinski definition) is 4. The molecule has 0 bridgehead atoms. The van der Waals surface area contributed by atoms with Gasteiger partial charge >= 0.3 is 0 Å². The number of sulfonamides is 1. The van der Waals surface area contributed by atoms with Crippen molar-refractivity contribution >= 4 is 21.6 Å². The van der Waals surface area contributed by atoms with Gasteiger partial charge in [0.25, 0.3) is 0 Å². The summed E-state index contributed by atoms with van der Waals surface area (Å²) >= 11 is 0. The number of carbonyl (C=O) groups is 1. The first kappa shape index (κ1) is 17.4. The van der Waals surface area contributed by atoms with Crippen molar-refractivity contribution < 1.29 is 13.2 Å². The summed E-state index contributed by atoms with van der Waals surface area (Å²) in [7, 11) is -3.32. The maximum atomic E-state index is 12.7. The van der Waals surface area contributed by atoms with Crippen LogP contribution >= 0.6 is 0 Å². The zero-order valence-corrected chi connectivity index (χ0v) is 14.8. The lowest BCUT2D eigenvalue weighted by Crippen LogP contribution is -2.42. The van der Waals surface area contributed by atoms with Gasteiger partial charge in [0.15, 0.2) is 0 Å². The number of para-hydroxylation sites is 1. The maximum absolute atomic E-state index is 12.7. The average Bonchev–Trinajstić information content (AvgIpc) is 3.09. The van der Waals surface area contributed by atoms with Gasteiger partial charge in [-0.25, -0.2) is 12.7 Å². The van der Waals surface area contributed by atoms with Crippen LogP contribution in [-0.4, -0.2) is 49.6 Å². The van der Waals surface area contributed by atoms with Crippen LogP contribution in [0.5, 0.6) is 0 Å². The van der Waals surface area contributed by atoms with Crippen LogP contribution in [0.15, 0.2) is 24.3 Å². The molecule has 2 atom stereocenters. The predicted molar refractivity (Wildman–Crippen MR) is 94.3 cm³/mol. The zero-order valence-electron chi connectivity index (χ0n) is 14.0. The number of piperidine rings is 1. The Hall–Kier alpha value is -1.44. The van der Waals surface area contributed by atoms with Crippen molar-refractivity contribution in [1.82, 2.24) is 9.62 Å². The van der Waals surface area contributed by atoms with Crippen molar-refractivity contribution in [2.24, 2.45) is 0 Å². The molecule has 24 heavy (non-hydrogen) atoms. The summed E-state index contributed by atoms with van der Waals surface area (Å²) in [4.78, 5) is 12.4. The van der Waals surface area contributed by atoms with E-state index in [9.17, 15) is 13.2 Å². The number of anilines is 1. The Kier molecular flexibility index (Phi) is 5.22. The molecule has 2 saturated heterocycles. The number of rotatable bonds is 4. The Morgan fingerprint density at radius 3 is 2.62 bits per heavy atom. The van der Waals surface area contributed by atoms with Crippen molar-refractivity contribution in [3.8, 4) is 0 Å². The van der Waals surface area contributed by atoms with Gasteiger partial charge in [-0.2, -0.15) is 0 Å². The summed E-state index contributed by atoms with van der Waals surface area (Å²) in [5.41, 5.74) is 1.76. The molecule has 1 amide bonds. The Labute approximate surface area is 143 Å². The van der Waals surface area contributed by atoms with Crippen LogP contribution in [0.2, 0.25) is 0 Å². The molecule has 2 heterocycles. The fraction of sp³-hybridized carbons (Fsp3) is 0.588. The van der Waals surface area contributed by atoms with E-state index in [0.29, 0.717) is 26.1 Å². The van der Waals surface area contributed by atoms with Crippen molar-refractivity contribution in [2.45, 2.75) is 43.9 Å². The van der Waals surface area contributed by atoms with Crippen LogP contribution in [0.3, 0.4) is 0 Å². The van der Waals surface area contributed by atoms with Crippen LogP contribution in [0.25, 0.3) is 0 Å². The molecule has 2 aliphatic heterocycles. The third-order valence-electron chi connectivity index (χ3n) is 4.91. The van der Waals surface area contributed by atoms with Gasteiger partial charge in [-0.05, 0) is 37.8 Å². The molecule has 1 aromatic carbocycles. The Morgan fingerprint density at radius 2 is 1.92 bits per heavy atom. The van der Waals surface area contributed by atoms with Gasteiger partial charge in [0, 0.05) is 25.3 Å². The van der Waals surface area contributed by atoms with E-state index in [4.69, 9.17) is 0 Å². The fourth-order valence-electron chi connectivity index (χ4n) is 3.39. The Balaban J connectivity index is 1.62. The molecule has 132 valence electrons. The fourth-order valence-corrected chi connectivity index (χ4v) is 5.32. The molecule has 0 aromatic heterocycles. The second-order valence-electron chi connectivity index (χ2n) is 6.63. The molecule has 7 heteroatoms. The van der Waals surface area contributed by atoms with Gasteiger partial charge in [0.2, 0.25) is 15.9 Å². The highest BCUT2D eigenvalue weighted by Crippen LogP contribution is 2.23.